The van der Waals surface area contributed by atoms with E-state index in [0.717, 1.165) is 6.07 Å². The molecule has 1 amide bonds. The van der Waals surface area contributed by atoms with Crippen molar-refractivity contribution in [2.75, 3.05) is 50.1 Å². The van der Waals surface area contributed by atoms with Crippen LogP contribution < -0.4 is 15.0 Å². The van der Waals surface area contributed by atoms with Crippen molar-refractivity contribution >= 4 is 17.3 Å². The molecule has 0 spiro atoms. The number of carbonyl (C=O) groups excluding carboxylic acids is 1. The number of amides is 1. The molecule has 1 aliphatic rings. The van der Waals surface area contributed by atoms with Crippen LogP contribution in [0.5, 0.6) is 5.75 Å². The zero-order valence-corrected chi connectivity index (χ0v) is 15.5. The molecule has 0 unspecified atom stereocenters. The van der Waals surface area contributed by atoms with E-state index in [1.54, 1.807) is 37.4 Å². The van der Waals surface area contributed by atoms with Gasteiger partial charge in [-0.15, -0.1) is 0 Å². The van der Waals surface area contributed by atoms with Crippen LogP contribution in [0, 0.1) is 0 Å². The third-order valence-corrected chi connectivity index (χ3v) is 4.63. The van der Waals surface area contributed by atoms with Crippen molar-refractivity contribution in [2.45, 2.75) is 6.18 Å². The summed E-state index contributed by atoms with van der Waals surface area (Å²) in [6.45, 7) is 2.55. The van der Waals surface area contributed by atoms with Crippen molar-refractivity contribution in [1.82, 2.24) is 4.90 Å². The summed E-state index contributed by atoms with van der Waals surface area (Å²) in [5.74, 6) is 0.522. The van der Waals surface area contributed by atoms with Crippen LogP contribution in [0.15, 0.2) is 48.5 Å². The highest BCUT2D eigenvalue weighted by molar-refractivity contribution is 5.92. The summed E-state index contributed by atoms with van der Waals surface area (Å²) >= 11 is 0. The molecule has 1 fully saturated rings. The largest absolute Gasteiger partial charge is 0.497 e. The van der Waals surface area contributed by atoms with Gasteiger partial charge in [0.1, 0.15) is 5.75 Å². The Bertz CT molecular complexity index is 818. The Balaban J connectivity index is 1.52. The molecule has 0 aliphatic carbocycles. The van der Waals surface area contributed by atoms with Gasteiger partial charge in [0.2, 0.25) is 5.91 Å². The number of piperazine rings is 1. The second-order valence-corrected chi connectivity index (χ2v) is 6.59. The van der Waals surface area contributed by atoms with E-state index in [1.807, 2.05) is 9.80 Å². The minimum absolute atomic E-state index is 0.138. The molecule has 2 aromatic carbocycles. The average Bonchev–Trinajstić information content (AvgIpc) is 2.68. The average molecular weight is 393 g/mol. The maximum absolute atomic E-state index is 12.9. The smallest absolute Gasteiger partial charge is 0.416 e. The summed E-state index contributed by atoms with van der Waals surface area (Å²) in [6, 6.07) is 12.5. The molecule has 150 valence electrons. The Morgan fingerprint density at radius 2 is 1.79 bits per heavy atom. The highest BCUT2D eigenvalue weighted by Crippen LogP contribution is 2.31. The fourth-order valence-electron chi connectivity index (χ4n) is 3.15. The lowest BCUT2D eigenvalue weighted by molar-refractivity contribution is -0.137. The van der Waals surface area contributed by atoms with Gasteiger partial charge < -0.3 is 15.0 Å². The summed E-state index contributed by atoms with van der Waals surface area (Å²) in [7, 11) is 1.56. The lowest BCUT2D eigenvalue weighted by Gasteiger charge is -2.36. The summed E-state index contributed by atoms with van der Waals surface area (Å²) in [5, 5.41) is 2.83. The number of rotatable bonds is 5. The molecule has 0 atom stereocenters. The Hall–Kier alpha value is -2.74. The Labute approximate surface area is 161 Å². The molecule has 0 bridgehead atoms. The van der Waals surface area contributed by atoms with E-state index in [4.69, 9.17) is 4.74 Å². The minimum Gasteiger partial charge on any atom is -0.497 e. The van der Waals surface area contributed by atoms with Gasteiger partial charge in [0, 0.05) is 43.6 Å². The van der Waals surface area contributed by atoms with Crippen LogP contribution in [0.25, 0.3) is 0 Å². The van der Waals surface area contributed by atoms with E-state index in [1.165, 1.54) is 12.1 Å². The Morgan fingerprint density at radius 3 is 2.46 bits per heavy atom. The van der Waals surface area contributed by atoms with Crippen LogP contribution in [0.2, 0.25) is 0 Å². The van der Waals surface area contributed by atoms with Crippen LogP contribution >= 0.6 is 0 Å². The molecule has 1 N–H and O–H groups in total. The number of carbonyl (C=O) groups is 1. The number of methoxy groups -OCH3 is 1. The van der Waals surface area contributed by atoms with Gasteiger partial charge in [-0.05, 0) is 30.3 Å². The van der Waals surface area contributed by atoms with Gasteiger partial charge in [-0.25, -0.2) is 0 Å². The fraction of sp³-hybridized carbons (Fsp3) is 0.350. The van der Waals surface area contributed by atoms with E-state index in [2.05, 4.69) is 5.32 Å². The van der Waals surface area contributed by atoms with E-state index in [9.17, 15) is 18.0 Å². The van der Waals surface area contributed by atoms with Gasteiger partial charge in [-0.1, -0.05) is 12.1 Å². The first-order valence-corrected chi connectivity index (χ1v) is 8.93. The number of alkyl halides is 3. The zero-order valence-electron chi connectivity index (χ0n) is 15.5. The van der Waals surface area contributed by atoms with Crippen molar-refractivity contribution in [1.29, 1.82) is 0 Å². The van der Waals surface area contributed by atoms with Crippen LogP contribution in [0.3, 0.4) is 0 Å². The number of nitrogens with one attached hydrogen (secondary N) is 1. The van der Waals surface area contributed by atoms with Crippen molar-refractivity contribution in [2.24, 2.45) is 0 Å². The van der Waals surface area contributed by atoms with Gasteiger partial charge in [0.05, 0.1) is 19.2 Å². The highest BCUT2D eigenvalue weighted by Gasteiger charge is 2.31. The van der Waals surface area contributed by atoms with Crippen molar-refractivity contribution in [3.8, 4) is 5.75 Å². The number of nitrogens with zero attached hydrogens (tertiary/aromatic N) is 2. The van der Waals surface area contributed by atoms with Crippen LogP contribution in [-0.4, -0.2) is 50.6 Å². The number of benzene rings is 2. The summed E-state index contributed by atoms with van der Waals surface area (Å²) < 4.78 is 43.8. The SMILES string of the molecule is COc1cccc(NC(=O)CN2CCN(c3cccc(C(F)(F)F)c3)CC2)c1. The normalized spacial score (nSPS) is 15.4. The monoisotopic (exact) mass is 393 g/mol. The first-order valence-electron chi connectivity index (χ1n) is 8.93. The van der Waals surface area contributed by atoms with Crippen molar-refractivity contribution in [3.63, 3.8) is 0 Å². The lowest BCUT2D eigenvalue weighted by atomic mass is 10.1. The number of ether oxygens (including phenoxy) is 1. The molecule has 8 heteroatoms. The third kappa shape index (κ3) is 5.16. The second kappa shape index (κ2) is 8.52. The molecule has 1 heterocycles. The van der Waals surface area contributed by atoms with E-state index in [0.29, 0.717) is 43.3 Å². The second-order valence-electron chi connectivity index (χ2n) is 6.59. The quantitative estimate of drug-likeness (QED) is 0.845. The Kier molecular flexibility index (Phi) is 6.08. The first-order chi connectivity index (χ1) is 13.3. The van der Waals surface area contributed by atoms with Crippen LogP contribution in [0.1, 0.15) is 5.56 Å². The predicted molar refractivity (Wildman–Crippen MR) is 102 cm³/mol. The molecular weight excluding hydrogens is 371 g/mol. The molecule has 1 saturated heterocycles. The third-order valence-electron chi connectivity index (χ3n) is 4.63. The van der Waals surface area contributed by atoms with E-state index < -0.39 is 11.7 Å². The van der Waals surface area contributed by atoms with Gasteiger partial charge in [0.25, 0.3) is 0 Å². The van der Waals surface area contributed by atoms with E-state index in [-0.39, 0.29) is 12.5 Å². The van der Waals surface area contributed by atoms with Crippen molar-refractivity contribution < 1.29 is 22.7 Å². The van der Waals surface area contributed by atoms with Crippen LogP contribution in [0.4, 0.5) is 24.5 Å². The predicted octanol–water partition coefficient (Wildman–Crippen LogP) is 3.47. The minimum atomic E-state index is -4.35. The number of hydrogen-bond donors (Lipinski definition) is 1. The Morgan fingerprint density at radius 1 is 1.07 bits per heavy atom. The van der Waals surface area contributed by atoms with Gasteiger partial charge in [0.15, 0.2) is 0 Å². The molecule has 0 radical (unpaired) electrons. The van der Waals surface area contributed by atoms with Crippen LogP contribution in [-0.2, 0) is 11.0 Å². The maximum atomic E-state index is 12.9. The summed E-state index contributed by atoms with van der Waals surface area (Å²) in [6.07, 6.45) is -4.35. The molecule has 0 saturated carbocycles. The number of anilines is 2. The van der Waals surface area contributed by atoms with E-state index >= 15 is 0 Å². The molecule has 0 aromatic heterocycles. The molecular formula is C20H22F3N3O2. The molecule has 28 heavy (non-hydrogen) atoms. The summed E-state index contributed by atoms with van der Waals surface area (Å²) in [5.41, 5.74) is 0.562. The summed E-state index contributed by atoms with van der Waals surface area (Å²) in [4.78, 5) is 16.1. The topological polar surface area (TPSA) is 44.8 Å². The first kappa shape index (κ1) is 20.0. The number of hydrogen-bond acceptors (Lipinski definition) is 4. The molecule has 5 nitrogen and oxygen atoms in total. The fourth-order valence-corrected chi connectivity index (χ4v) is 3.15. The zero-order chi connectivity index (χ0) is 20.1. The molecule has 2 aromatic rings. The van der Waals surface area contributed by atoms with Gasteiger partial charge in [-0.3, -0.25) is 9.69 Å². The lowest BCUT2D eigenvalue weighted by Crippen LogP contribution is -2.48. The van der Waals surface area contributed by atoms with Gasteiger partial charge in [-0.2, -0.15) is 13.2 Å². The highest BCUT2D eigenvalue weighted by atomic mass is 19.4. The van der Waals surface area contributed by atoms with Gasteiger partial charge >= 0.3 is 6.18 Å². The molecule has 3 rings (SSSR count). The number of halogens is 3. The molecule has 1 aliphatic heterocycles. The standard InChI is InChI=1S/C20H22F3N3O2/c1-28-18-7-3-5-16(13-18)24-19(27)14-25-8-10-26(11-9-25)17-6-2-4-15(12-17)20(21,22)23/h2-7,12-13H,8-11,14H2,1H3,(H,24,27). The maximum Gasteiger partial charge on any atom is 0.416 e. The van der Waals surface area contributed by atoms with Crippen molar-refractivity contribution in [3.05, 3.63) is 54.1 Å².